The lowest BCUT2D eigenvalue weighted by atomic mass is 10.2. The molecule has 15 heavy (non-hydrogen) atoms. The summed E-state index contributed by atoms with van der Waals surface area (Å²) in [6.07, 6.45) is 0.929. The van der Waals surface area contributed by atoms with Gasteiger partial charge in [0.05, 0.1) is 6.04 Å². The van der Waals surface area contributed by atoms with Crippen LogP contribution in [0.3, 0.4) is 0 Å². The molecule has 1 aromatic heterocycles. The summed E-state index contributed by atoms with van der Waals surface area (Å²) in [5, 5.41) is 7.60. The summed E-state index contributed by atoms with van der Waals surface area (Å²) in [5.41, 5.74) is 2.62. The number of thiophene rings is 1. The van der Waals surface area contributed by atoms with E-state index in [9.17, 15) is 4.79 Å². The zero-order valence-corrected chi connectivity index (χ0v) is 9.93. The number of likely N-dealkylation sites (tertiary alicyclic amines) is 1. The molecule has 1 aliphatic rings. The fourth-order valence-corrected chi connectivity index (χ4v) is 2.67. The predicted octanol–water partition coefficient (Wildman–Crippen LogP) is 1.38. The molecule has 4 heteroatoms. The van der Waals surface area contributed by atoms with Gasteiger partial charge in [-0.05, 0) is 35.2 Å². The lowest BCUT2D eigenvalue weighted by molar-refractivity contribution is -0.128. The van der Waals surface area contributed by atoms with Crippen LogP contribution in [0.5, 0.6) is 0 Å². The van der Waals surface area contributed by atoms with E-state index < -0.39 is 0 Å². The zero-order chi connectivity index (χ0) is 10.8. The Labute approximate surface area is 94.1 Å². The number of carbonyl (C=O) groups is 1. The van der Waals surface area contributed by atoms with Gasteiger partial charge in [-0.2, -0.15) is 11.3 Å². The van der Waals surface area contributed by atoms with Gasteiger partial charge in [0.25, 0.3) is 0 Å². The van der Waals surface area contributed by atoms with E-state index >= 15 is 0 Å². The minimum absolute atomic E-state index is 0.0225. The summed E-state index contributed by atoms with van der Waals surface area (Å²) in [4.78, 5) is 13.4. The topological polar surface area (TPSA) is 32.3 Å². The van der Waals surface area contributed by atoms with E-state index in [0.717, 1.165) is 19.5 Å². The highest BCUT2D eigenvalue weighted by Crippen LogP contribution is 2.15. The van der Waals surface area contributed by atoms with E-state index in [0.29, 0.717) is 0 Å². The largest absolute Gasteiger partial charge is 0.344 e. The minimum atomic E-state index is 0.0225. The molecule has 0 radical (unpaired) electrons. The smallest absolute Gasteiger partial charge is 0.239 e. The Morgan fingerprint density at radius 3 is 2.93 bits per heavy atom. The van der Waals surface area contributed by atoms with E-state index in [2.05, 4.69) is 23.0 Å². The second-order valence-electron chi connectivity index (χ2n) is 4.06. The average molecular weight is 224 g/mol. The van der Waals surface area contributed by atoms with Gasteiger partial charge in [-0.1, -0.05) is 0 Å². The molecule has 2 rings (SSSR count). The molecule has 1 aliphatic heterocycles. The number of nitrogens with zero attached hydrogens (tertiary/aromatic N) is 1. The Morgan fingerprint density at radius 1 is 1.60 bits per heavy atom. The first-order valence-corrected chi connectivity index (χ1v) is 6.13. The van der Waals surface area contributed by atoms with Crippen molar-refractivity contribution in [2.24, 2.45) is 0 Å². The van der Waals surface area contributed by atoms with E-state index in [4.69, 9.17) is 0 Å². The van der Waals surface area contributed by atoms with Gasteiger partial charge < -0.3 is 10.2 Å². The van der Waals surface area contributed by atoms with Crippen molar-refractivity contribution in [3.05, 3.63) is 21.9 Å². The number of rotatable bonds is 3. The van der Waals surface area contributed by atoms with Crippen LogP contribution < -0.4 is 5.32 Å². The number of hydrogen-bond acceptors (Lipinski definition) is 3. The molecule has 0 aromatic carbocycles. The molecule has 0 spiro atoms. The summed E-state index contributed by atoms with van der Waals surface area (Å²) in [7, 11) is 1.86. The second kappa shape index (κ2) is 4.33. The fourth-order valence-electron chi connectivity index (χ4n) is 1.81. The molecule has 1 saturated heterocycles. The Bertz CT molecular complexity index is 361. The minimum Gasteiger partial charge on any atom is -0.344 e. The molecular weight excluding hydrogens is 208 g/mol. The molecule has 3 nitrogen and oxygen atoms in total. The zero-order valence-electron chi connectivity index (χ0n) is 9.12. The van der Waals surface area contributed by atoms with E-state index in [-0.39, 0.29) is 11.9 Å². The van der Waals surface area contributed by atoms with Gasteiger partial charge in [0.2, 0.25) is 5.91 Å². The summed E-state index contributed by atoms with van der Waals surface area (Å²) in [5.74, 6) is 0.225. The van der Waals surface area contributed by atoms with Gasteiger partial charge in [0.15, 0.2) is 0 Å². The van der Waals surface area contributed by atoms with Crippen LogP contribution in [0.4, 0.5) is 0 Å². The summed E-state index contributed by atoms with van der Waals surface area (Å²) >= 11 is 1.71. The van der Waals surface area contributed by atoms with Crippen LogP contribution in [0.1, 0.15) is 17.5 Å². The van der Waals surface area contributed by atoms with E-state index in [1.165, 1.54) is 11.1 Å². The maximum atomic E-state index is 11.6. The maximum absolute atomic E-state index is 11.6. The van der Waals surface area contributed by atoms with Crippen molar-refractivity contribution < 1.29 is 4.79 Å². The summed E-state index contributed by atoms with van der Waals surface area (Å²) in [6.45, 7) is 3.79. The van der Waals surface area contributed by atoms with Gasteiger partial charge in [0.1, 0.15) is 0 Å². The van der Waals surface area contributed by atoms with Crippen molar-refractivity contribution in [1.82, 2.24) is 10.2 Å². The number of carbonyl (C=O) groups excluding carboxylic acids is 1. The van der Waals surface area contributed by atoms with Crippen LogP contribution >= 0.6 is 11.3 Å². The third-order valence-electron chi connectivity index (χ3n) is 2.93. The number of aryl methyl sites for hydroxylation is 1. The summed E-state index contributed by atoms with van der Waals surface area (Å²) in [6, 6.07) is 0.0225. The monoisotopic (exact) mass is 224 g/mol. The van der Waals surface area contributed by atoms with Crippen LogP contribution in [0.2, 0.25) is 0 Å². The molecule has 1 N–H and O–H groups in total. The molecular formula is C11H16N2OS. The molecule has 1 fully saturated rings. The molecule has 0 aliphatic carbocycles. The van der Waals surface area contributed by atoms with Crippen LogP contribution in [0, 0.1) is 6.92 Å². The quantitative estimate of drug-likeness (QED) is 0.841. The van der Waals surface area contributed by atoms with Crippen molar-refractivity contribution in [1.29, 1.82) is 0 Å². The number of hydrogen-bond donors (Lipinski definition) is 1. The molecule has 1 aromatic rings. The molecule has 0 saturated carbocycles. The lowest BCUT2D eigenvalue weighted by Crippen LogP contribution is -2.36. The second-order valence-corrected chi connectivity index (χ2v) is 4.81. The highest BCUT2D eigenvalue weighted by atomic mass is 32.1. The first kappa shape index (κ1) is 10.6. The van der Waals surface area contributed by atoms with Gasteiger partial charge in [0, 0.05) is 20.1 Å². The van der Waals surface area contributed by atoms with Crippen molar-refractivity contribution in [3.63, 3.8) is 0 Å². The van der Waals surface area contributed by atoms with Crippen molar-refractivity contribution in [3.8, 4) is 0 Å². The Balaban J connectivity index is 1.89. The Hall–Kier alpha value is -0.870. The normalized spacial score (nSPS) is 21.3. The predicted molar refractivity (Wildman–Crippen MR) is 61.9 cm³/mol. The number of likely N-dealkylation sites (N-methyl/N-ethyl adjacent to an activating group) is 1. The first-order valence-electron chi connectivity index (χ1n) is 5.18. The van der Waals surface area contributed by atoms with E-state index in [1.807, 2.05) is 7.05 Å². The highest BCUT2D eigenvalue weighted by Gasteiger charge is 2.28. The maximum Gasteiger partial charge on any atom is 0.239 e. The van der Waals surface area contributed by atoms with Crippen molar-refractivity contribution in [2.45, 2.75) is 25.9 Å². The van der Waals surface area contributed by atoms with Crippen LogP contribution in [0.15, 0.2) is 10.8 Å². The standard InChI is InChI=1S/C11H16N2OS/c1-8-6-15-7-9(8)5-12-10-3-4-13(2)11(10)14/h6-7,10,12H,3-5H2,1-2H3. The Kier molecular flexibility index (Phi) is 3.07. The average Bonchev–Trinajstić information content (AvgIpc) is 2.74. The van der Waals surface area contributed by atoms with Crippen molar-refractivity contribution >= 4 is 17.2 Å². The molecule has 0 bridgehead atoms. The van der Waals surface area contributed by atoms with Gasteiger partial charge in [-0.15, -0.1) is 0 Å². The molecule has 2 heterocycles. The van der Waals surface area contributed by atoms with E-state index in [1.54, 1.807) is 16.2 Å². The third kappa shape index (κ3) is 2.21. The SMILES string of the molecule is Cc1cscc1CNC1CCN(C)C1=O. The van der Waals surface area contributed by atoms with Crippen LogP contribution in [-0.4, -0.2) is 30.4 Å². The lowest BCUT2D eigenvalue weighted by Gasteiger charge is -2.11. The van der Waals surface area contributed by atoms with Crippen LogP contribution in [-0.2, 0) is 11.3 Å². The third-order valence-corrected chi connectivity index (χ3v) is 3.84. The van der Waals surface area contributed by atoms with Crippen molar-refractivity contribution in [2.75, 3.05) is 13.6 Å². The van der Waals surface area contributed by atoms with Gasteiger partial charge >= 0.3 is 0 Å². The molecule has 82 valence electrons. The van der Waals surface area contributed by atoms with Gasteiger partial charge in [-0.25, -0.2) is 0 Å². The highest BCUT2D eigenvalue weighted by molar-refractivity contribution is 7.08. The molecule has 1 amide bonds. The molecule has 1 unspecified atom stereocenters. The summed E-state index contributed by atoms with van der Waals surface area (Å²) < 4.78 is 0. The fraction of sp³-hybridized carbons (Fsp3) is 0.545. The first-order chi connectivity index (χ1) is 7.18. The van der Waals surface area contributed by atoms with Crippen LogP contribution in [0.25, 0.3) is 0 Å². The van der Waals surface area contributed by atoms with Gasteiger partial charge in [-0.3, -0.25) is 4.79 Å². The number of nitrogens with one attached hydrogen (secondary N) is 1. The number of amides is 1. The molecule has 1 atom stereocenters. The Morgan fingerprint density at radius 2 is 2.40 bits per heavy atom.